The topological polar surface area (TPSA) is 95.9 Å². The van der Waals surface area contributed by atoms with Crippen molar-refractivity contribution in [3.8, 4) is 0 Å². The third kappa shape index (κ3) is 2.07. The number of ether oxygens (including phenoxy) is 1. The van der Waals surface area contributed by atoms with E-state index in [1.54, 1.807) is 13.8 Å². The largest absolute Gasteiger partial charge is 0.481 e. The van der Waals surface area contributed by atoms with E-state index in [4.69, 9.17) is 5.11 Å². The van der Waals surface area contributed by atoms with Crippen LogP contribution in [-0.2, 0) is 9.53 Å². The van der Waals surface area contributed by atoms with Crippen molar-refractivity contribution in [3.05, 3.63) is 0 Å². The molecule has 1 saturated heterocycles. The van der Waals surface area contributed by atoms with Crippen molar-refractivity contribution < 1.29 is 24.2 Å². The van der Waals surface area contributed by atoms with Crippen molar-refractivity contribution in [2.45, 2.75) is 19.4 Å². The second-order valence-electron chi connectivity index (χ2n) is 4.12. The Labute approximate surface area is 92.4 Å². The quantitative estimate of drug-likeness (QED) is 0.673. The molecule has 1 aliphatic rings. The molecule has 16 heavy (non-hydrogen) atoms. The van der Waals surface area contributed by atoms with E-state index in [1.807, 2.05) is 0 Å². The summed E-state index contributed by atoms with van der Waals surface area (Å²) in [6, 6.07) is -0.644. The van der Waals surface area contributed by atoms with Crippen molar-refractivity contribution in [3.63, 3.8) is 0 Å². The Kier molecular flexibility index (Phi) is 3.06. The third-order valence-corrected chi connectivity index (χ3v) is 2.60. The Bertz CT molecular complexity index is 339. The summed E-state index contributed by atoms with van der Waals surface area (Å²) in [5, 5.41) is 11.5. The van der Waals surface area contributed by atoms with Gasteiger partial charge in [0.1, 0.15) is 0 Å². The number of nitrogens with one attached hydrogen (secondary N) is 1. The summed E-state index contributed by atoms with van der Waals surface area (Å²) in [5.41, 5.74) is -0.895. The SMILES string of the molecule is COC(=O)N1CC(C(=O)O)C(C)(C)NC1=O. The van der Waals surface area contributed by atoms with Gasteiger partial charge in [0.2, 0.25) is 0 Å². The summed E-state index contributed by atoms with van der Waals surface area (Å²) < 4.78 is 4.39. The third-order valence-electron chi connectivity index (χ3n) is 2.60. The van der Waals surface area contributed by atoms with E-state index in [-0.39, 0.29) is 6.54 Å². The number of urea groups is 1. The van der Waals surface area contributed by atoms with E-state index in [2.05, 4.69) is 10.1 Å². The number of carboxylic acid groups (broad SMARTS) is 1. The molecule has 7 nitrogen and oxygen atoms in total. The summed E-state index contributed by atoms with van der Waals surface area (Å²) in [7, 11) is 1.13. The maximum Gasteiger partial charge on any atom is 0.417 e. The number of nitrogens with zero attached hydrogens (tertiary/aromatic N) is 1. The lowest BCUT2D eigenvalue weighted by atomic mass is 9.85. The zero-order valence-electron chi connectivity index (χ0n) is 9.31. The van der Waals surface area contributed by atoms with Crippen LogP contribution in [0.5, 0.6) is 0 Å². The summed E-state index contributed by atoms with van der Waals surface area (Å²) in [4.78, 5) is 34.4. The second-order valence-corrected chi connectivity index (χ2v) is 4.12. The van der Waals surface area contributed by atoms with Gasteiger partial charge in [0.05, 0.1) is 18.6 Å². The number of imide groups is 1. The molecular formula is C9H14N2O5. The Morgan fingerprint density at radius 2 is 2.12 bits per heavy atom. The summed E-state index contributed by atoms with van der Waals surface area (Å²) >= 11 is 0. The van der Waals surface area contributed by atoms with E-state index in [0.29, 0.717) is 0 Å². The van der Waals surface area contributed by atoms with E-state index >= 15 is 0 Å². The Morgan fingerprint density at radius 1 is 1.56 bits per heavy atom. The molecule has 90 valence electrons. The summed E-state index contributed by atoms with van der Waals surface area (Å²) in [5.74, 6) is -1.94. The lowest BCUT2D eigenvalue weighted by molar-refractivity contribution is -0.145. The van der Waals surface area contributed by atoms with Gasteiger partial charge in [0.25, 0.3) is 0 Å². The van der Waals surface area contributed by atoms with Gasteiger partial charge in [-0.15, -0.1) is 0 Å². The van der Waals surface area contributed by atoms with Crippen LogP contribution in [0.2, 0.25) is 0 Å². The van der Waals surface area contributed by atoms with Gasteiger partial charge in [0.15, 0.2) is 0 Å². The number of amides is 3. The van der Waals surface area contributed by atoms with Crippen LogP contribution in [0.1, 0.15) is 13.8 Å². The first-order valence-electron chi connectivity index (χ1n) is 4.70. The fraction of sp³-hybridized carbons (Fsp3) is 0.667. The molecule has 0 bridgehead atoms. The zero-order valence-corrected chi connectivity index (χ0v) is 9.31. The molecular weight excluding hydrogens is 216 g/mol. The van der Waals surface area contributed by atoms with Crippen LogP contribution < -0.4 is 5.32 Å². The molecule has 1 heterocycles. The molecule has 0 aromatic carbocycles. The monoisotopic (exact) mass is 230 g/mol. The summed E-state index contributed by atoms with van der Waals surface area (Å²) in [6.07, 6.45) is -0.862. The van der Waals surface area contributed by atoms with Gasteiger partial charge in [-0.25, -0.2) is 14.5 Å². The number of carbonyl (C=O) groups excluding carboxylic acids is 2. The minimum absolute atomic E-state index is 0.194. The van der Waals surface area contributed by atoms with Crippen LogP contribution >= 0.6 is 0 Å². The molecule has 0 radical (unpaired) electrons. The van der Waals surface area contributed by atoms with Gasteiger partial charge in [-0.3, -0.25) is 4.79 Å². The van der Waals surface area contributed by atoms with Crippen molar-refractivity contribution in [1.29, 1.82) is 0 Å². The van der Waals surface area contributed by atoms with Gasteiger partial charge >= 0.3 is 18.1 Å². The predicted molar refractivity (Wildman–Crippen MR) is 52.8 cm³/mol. The van der Waals surface area contributed by atoms with Gasteiger partial charge in [0, 0.05) is 6.54 Å². The molecule has 1 rings (SSSR count). The Balaban J connectivity index is 2.93. The first-order chi connectivity index (χ1) is 7.29. The number of carbonyl (C=O) groups is 3. The van der Waals surface area contributed by atoms with Gasteiger partial charge in [-0.2, -0.15) is 0 Å². The summed E-state index contributed by atoms with van der Waals surface area (Å²) in [6.45, 7) is 3.00. The average molecular weight is 230 g/mol. The van der Waals surface area contributed by atoms with E-state index < -0.39 is 29.6 Å². The van der Waals surface area contributed by atoms with Gasteiger partial charge in [-0.05, 0) is 13.8 Å². The fourth-order valence-corrected chi connectivity index (χ4v) is 1.58. The molecule has 1 unspecified atom stereocenters. The predicted octanol–water partition coefficient (Wildman–Crippen LogP) is 0.257. The van der Waals surface area contributed by atoms with Crippen molar-refractivity contribution >= 4 is 18.1 Å². The normalized spacial score (nSPS) is 23.6. The molecule has 0 spiro atoms. The first kappa shape index (κ1) is 12.3. The Hall–Kier alpha value is -1.79. The van der Waals surface area contributed by atoms with Crippen LogP contribution in [0.4, 0.5) is 9.59 Å². The molecule has 2 N–H and O–H groups in total. The molecule has 1 atom stereocenters. The minimum atomic E-state index is -1.07. The van der Waals surface area contributed by atoms with Crippen LogP contribution in [0.25, 0.3) is 0 Å². The van der Waals surface area contributed by atoms with E-state index in [1.165, 1.54) is 0 Å². The highest BCUT2D eigenvalue weighted by Crippen LogP contribution is 2.23. The number of methoxy groups -OCH3 is 1. The zero-order chi connectivity index (χ0) is 12.5. The first-order valence-corrected chi connectivity index (χ1v) is 4.70. The highest BCUT2D eigenvalue weighted by Gasteiger charge is 2.45. The number of rotatable bonds is 1. The molecule has 1 fully saturated rings. The minimum Gasteiger partial charge on any atom is -0.481 e. The van der Waals surface area contributed by atoms with Crippen LogP contribution in [0.3, 0.4) is 0 Å². The molecule has 0 aromatic rings. The highest BCUT2D eigenvalue weighted by atomic mass is 16.5. The lowest BCUT2D eigenvalue weighted by Crippen LogP contribution is -2.65. The smallest absolute Gasteiger partial charge is 0.417 e. The van der Waals surface area contributed by atoms with Crippen LogP contribution in [-0.4, -0.2) is 47.3 Å². The molecule has 1 aliphatic heterocycles. The Morgan fingerprint density at radius 3 is 2.56 bits per heavy atom. The second kappa shape index (κ2) is 3.99. The standard InChI is InChI=1S/C9H14N2O5/c1-9(2)5(6(12)13)4-11(7(14)10-9)8(15)16-3/h5H,4H2,1-3H3,(H,10,14)(H,12,13). The van der Waals surface area contributed by atoms with Crippen molar-refractivity contribution in [2.75, 3.05) is 13.7 Å². The molecule has 7 heteroatoms. The molecule has 0 aromatic heterocycles. The average Bonchev–Trinajstić information content (AvgIpc) is 2.14. The van der Waals surface area contributed by atoms with Crippen LogP contribution in [0, 0.1) is 5.92 Å². The van der Waals surface area contributed by atoms with E-state index in [0.717, 1.165) is 12.0 Å². The van der Waals surface area contributed by atoms with Gasteiger partial charge < -0.3 is 15.2 Å². The maximum atomic E-state index is 11.5. The van der Waals surface area contributed by atoms with Crippen LogP contribution in [0.15, 0.2) is 0 Å². The molecule has 0 aliphatic carbocycles. The lowest BCUT2D eigenvalue weighted by Gasteiger charge is -2.40. The maximum absolute atomic E-state index is 11.5. The molecule has 0 saturated carbocycles. The van der Waals surface area contributed by atoms with Crippen molar-refractivity contribution in [1.82, 2.24) is 10.2 Å². The van der Waals surface area contributed by atoms with Gasteiger partial charge in [-0.1, -0.05) is 0 Å². The highest BCUT2D eigenvalue weighted by molar-refractivity contribution is 5.93. The van der Waals surface area contributed by atoms with Crippen molar-refractivity contribution in [2.24, 2.45) is 5.92 Å². The number of hydrogen-bond donors (Lipinski definition) is 2. The number of aliphatic carboxylic acids is 1. The van der Waals surface area contributed by atoms with E-state index in [9.17, 15) is 14.4 Å². The number of carboxylic acids is 1. The fourth-order valence-electron chi connectivity index (χ4n) is 1.58. The molecule has 3 amide bonds. The number of hydrogen-bond acceptors (Lipinski definition) is 4.